The van der Waals surface area contributed by atoms with Crippen molar-refractivity contribution in [2.24, 2.45) is 0 Å². The maximum Gasteiger partial charge on any atom is 0.242 e. The predicted octanol–water partition coefficient (Wildman–Crippen LogP) is 5.08. The Bertz CT molecular complexity index is 1010. The Balaban J connectivity index is 1.44. The molecule has 31 heavy (non-hydrogen) atoms. The quantitative estimate of drug-likeness (QED) is 0.527. The van der Waals surface area contributed by atoms with Crippen molar-refractivity contribution in [1.29, 1.82) is 0 Å². The summed E-state index contributed by atoms with van der Waals surface area (Å²) in [7, 11) is 0. The van der Waals surface area contributed by atoms with Crippen LogP contribution >= 0.6 is 11.8 Å². The van der Waals surface area contributed by atoms with E-state index >= 15 is 0 Å². The highest BCUT2D eigenvalue weighted by atomic mass is 32.2. The fourth-order valence-corrected chi connectivity index (χ4v) is 5.15. The third-order valence-electron chi connectivity index (χ3n) is 5.80. The number of rotatable bonds is 7. The number of nitrogens with one attached hydrogen (secondary N) is 1. The molecule has 1 aliphatic heterocycles. The van der Waals surface area contributed by atoms with E-state index in [9.17, 15) is 4.79 Å². The number of piperidine rings is 1. The van der Waals surface area contributed by atoms with Crippen molar-refractivity contribution in [1.82, 2.24) is 14.8 Å². The fraction of sp³-hybridized carbons (Fsp3) is 0.375. The molecule has 1 unspecified atom stereocenters. The van der Waals surface area contributed by atoms with Gasteiger partial charge in [-0.3, -0.25) is 9.36 Å². The summed E-state index contributed by atoms with van der Waals surface area (Å²) in [6.45, 7) is 2.07. The van der Waals surface area contributed by atoms with Gasteiger partial charge in [0.25, 0.3) is 0 Å². The number of aromatic nitrogens is 3. The second-order valence-corrected chi connectivity index (χ2v) is 9.27. The van der Waals surface area contributed by atoms with Gasteiger partial charge in [0.2, 0.25) is 11.9 Å². The molecular formula is C24H27N5OS. The van der Waals surface area contributed by atoms with Gasteiger partial charge in [-0.15, -0.1) is 10.2 Å². The lowest BCUT2D eigenvalue weighted by Crippen LogP contribution is -2.32. The van der Waals surface area contributed by atoms with E-state index in [0.29, 0.717) is 6.04 Å². The second-order valence-electron chi connectivity index (χ2n) is 8.20. The molecule has 1 saturated carbocycles. The van der Waals surface area contributed by atoms with Crippen molar-refractivity contribution in [3.8, 4) is 0 Å². The molecule has 2 fully saturated rings. The van der Waals surface area contributed by atoms with E-state index in [1.807, 2.05) is 60.7 Å². The van der Waals surface area contributed by atoms with Crippen molar-refractivity contribution in [2.75, 3.05) is 23.3 Å². The lowest BCUT2D eigenvalue weighted by atomic mass is 10.1. The van der Waals surface area contributed by atoms with Crippen LogP contribution in [0.4, 0.5) is 11.6 Å². The summed E-state index contributed by atoms with van der Waals surface area (Å²) in [6.07, 6.45) is 5.99. The zero-order valence-corrected chi connectivity index (χ0v) is 18.3. The number of benzene rings is 2. The summed E-state index contributed by atoms with van der Waals surface area (Å²) in [5.74, 6) is 0.923. The van der Waals surface area contributed by atoms with Crippen LogP contribution in [0.5, 0.6) is 0 Å². The Morgan fingerprint density at radius 1 is 0.935 bits per heavy atom. The first kappa shape index (κ1) is 20.1. The van der Waals surface area contributed by atoms with Gasteiger partial charge in [-0.2, -0.15) is 0 Å². The Hall–Kier alpha value is -2.80. The van der Waals surface area contributed by atoms with Gasteiger partial charge in [-0.25, -0.2) is 0 Å². The van der Waals surface area contributed by atoms with Crippen molar-refractivity contribution < 1.29 is 4.79 Å². The number of para-hydroxylation sites is 1. The summed E-state index contributed by atoms with van der Waals surface area (Å²) in [5, 5.41) is 12.6. The maximum absolute atomic E-state index is 13.3. The normalized spacial score (nSPS) is 17.4. The molecule has 0 radical (unpaired) electrons. The van der Waals surface area contributed by atoms with E-state index in [1.54, 1.807) is 0 Å². The van der Waals surface area contributed by atoms with E-state index in [0.717, 1.165) is 48.3 Å². The van der Waals surface area contributed by atoms with Crippen molar-refractivity contribution in [3.63, 3.8) is 0 Å². The standard InChI is InChI=1S/C24H27N5OS/c30-22(25-19-12-6-2-7-13-19)21(18-10-4-1-5-11-18)31-24-27-26-23(29(24)20-14-15-20)28-16-8-3-9-17-28/h1-2,4-7,10-13,20-21H,3,8-9,14-17H2,(H,25,30). The van der Waals surface area contributed by atoms with Gasteiger partial charge in [-0.05, 0) is 49.8 Å². The predicted molar refractivity (Wildman–Crippen MR) is 124 cm³/mol. The smallest absolute Gasteiger partial charge is 0.242 e. The lowest BCUT2D eigenvalue weighted by Gasteiger charge is -2.28. The fourth-order valence-electron chi connectivity index (χ4n) is 4.05. The minimum absolute atomic E-state index is 0.0488. The molecule has 1 saturated heterocycles. The molecule has 7 heteroatoms. The Labute approximate surface area is 187 Å². The molecule has 2 aromatic carbocycles. The number of carbonyl (C=O) groups is 1. The summed E-state index contributed by atoms with van der Waals surface area (Å²) >= 11 is 1.50. The summed E-state index contributed by atoms with van der Waals surface area (Å²) in [4.78, 5) is 15.7. The number of hydrogen-bond acceptors (Lipinski definition) is 5. The zero-order chi connectivity index (χ0) is 21.0. The number of carbonyl (C=O) groups excluding carboxylic acids is 1. The molecule has 1 N–H and O–H groups in total. The van der Waals surface area contributed by atoms with Crippen LogP contribution in [0, 0.1) is 0 Å². The highest BCUT2D eigenvalue weighted by Crippen LogP contribution is 2.44. The number of nitrogens with zero attached hydrogens (tertiary/aromatic N) is 4. The number of thioether (sulfide) groups is 1. The van der Waals surface area contributed by atoms with E-state index in [1.165, 1.54) is 31.0 Å². The molecule has 1 atom stereocenters. The molecule has 1 aromatic heterocycles. The molecule has 1 amide bonds. The Morgan fingerprint density at radius 3 is 2.29 bits per heavy atom. The van der Waals surface area contributed by atoms with Crippen LogP contribution in [0.2, 0.25) is 0 Å². The SMILES string of the molecule is O=C(Nc1ccccc1)C(Sc1nnc(N2CCCCC2)n1C1CC1)c1ccccc1. The Morgan fingerprint density at radius 2 is 1.61 bits per heavy atom. The second kappa shape index (κ2) is 9.14. The summed E-state index contributed by atoms with van der Waals surface area (Å²) in [5.41, 5.74) is 1.76. The van der Waals surface area contributed by atoms with Crippen LogP contribution in [0.25, 0.3) is 0 Å². The number of amides is 1. The lowest BCUT2D eigenvalue weighted by molar-refractivity contribution is -0.115. The molecule has 6 nitrogen and oxygen atoms in total. The molecule has 3 aromatic rings. The molecule has 1 aliphatic carbocycles. The first-order valence-corrected chi connectivity index (χ1v) is 11.9. The number of anilines is 2. The molecule has 2 aliphatic rings. The monoisotopic (exact) mass is 433 g/mol. The molecular weight excluding hydrogens is 406 g/mol. The maximum atomic E-state index is 13.3. The van der Waals surface area contributed by atoms with E-state index in [4.69, 9.17) is 0 Å². The van der Waals surface area contributed by atoms with E-state index in [2.05, 4.69) is 25.0 Å². The number of hydrogen-bond donors (Lipinski definition) is 1. The van der Waals surface area contributed by atoms with Crippen molar-refractivity contribution >= 4 is 29.3 Å². The first-order valence-electron chi connectivity index (χ1n) is 11.1. The Kier molecular flexibility index (Phi) is 5.93. The van der Waals surface area contributed by atoms with Gasteiger partial charge in [0, 0.05) is 24.8 Å². The minimum atomic E-state index is -0.405. The largest absolute Gasteiger partial charge is 0.341 e. The zero-order valence-electron chi connectivity index (χ0n) is 17.5. The summed E-state index contributed by atoms with van der Waals surface area (Å²) < 4.78 is 2.28. The summed E-state index contributed by atoms with van der Waals surface area (Å²) in [6, 6.07) is 20.0. The van der Waals surface area contributed by atoms with Crippen molar-refractivity contribution in [2.45, 2.75) is 48.6 Å². The van der Waals surface area contributed by atoms with Gasteiger partial charge < -0.3 is 10.2 Å². The highest BCUT2D eigenvalue weighted by Gasteiger charge is 2.34. The first-order chi connectivity index (χ1) is 15.3. The van der Waals surface area contributed by atoms with Crippen molar-refractivity contribution in [3.05, 3.63) is 66.2 Å². The van der Waals surface area contributed by atoms with E-state index in [-0.39, 0.29) is 5.91 Å². The van der Waals surface area contributed by atoms with Gasteiger partial charge >= 0.3 is 0 Å². The van der Waals surface area contributed by atoms with Crippen LogP contribution in [0.1, 0.15) is 49.0 Å². The van der Waals surface area contributed by atoms with E-state index < -0.39 is 5.25 Å². The molecule has 5 rings (SSSR count). The third kappa shape index (κ3) is 4.61. The molecule has 2 heterocycles. The van der Waals surface area contributed by atoms with Gasteiger partial charge in [-0.1, -0.05) is 60.3 Å². The van der Waals surface area contributed by atoms with Gasteiger partial charge in [0.1, 0.15) is 5.25 Å². The average molecular weight is 434 g/mol. The van der Waals surface area contributed by atoms with Crippen LogP contribution in [0.3, 0.4) is 0 Å². The highest BCUT2D eigenvalue weighted by molar-refractivity contribution is 8.00. The molecule has 0 bridgehead atoms. The van der Waals surface area contributed by atoms with Crippen LogP contribution in [0.15, 0.2) is 65.8 Å². The average Bonchev–Trinajstić information content (AvgIpc) is 3.58. The van der Waals surface area contributed by atoms with Crippen LogP contribution in [-0.4, -0.2) is 33.8 Å². The van der Waals surface area contributed by atoms with Crippen LogP contribution in [-0.2, 0) is 4.79 Å². The van der Waals surface area contributed by atoms with Gasteiger partial charge in [0.15, 0.2) is 5.16 Å². The van der Waals surface area contributed by atoms with Crippen LogP contribution < -0.4 is 10.2 Å². The molecule has 0 spiro atoms. The molecule has 160 valence electrons. The topological polar surface area (TPSA) is 63.1 Å². The third-order valence-corrected chi connectivity index (χ3v) is 7.01. The van der Waals surface area contributed by atoms with Gasteiger partial charge in [0.05, 0.1) is 0 Å². The minimum Gasteiger partial charge on any atom is -0.341 e.